The molecule has 2 saturated heterocycles. The molecule has 2 fully saturated rings. The Bertz CT molecular complexity index is 1670. The molecule has 2 aliphatic rings. The number of carboxylic acid groups (broad SMARTS) is 1. The fourth-order valence-corrected chi connectivity index (χ4v) is 7.45. The highest BCUT2D eigenvalue weighted by molar-refractivity contribution is 7.94. The van der Waals surface area contributed by atoms with Crippen molar-refractivity contribution in [2.45, 2.75) is 29.2 Å². The van der Waals surface area contributed by atoms with Crippen molar-refractivity contribution in [1.82, 2.24) is 9.88 Å². The van der Waals surface area contributed by atoms with Crippen molar-refractivity contribution in [1.29, 1.82) is 0 Å². The number of primary amides is 1. The average Bonchev–Trinajstić information content (AvgIpc) is 3.14. The number of benzene rings is 2. The fraction of sp³-hybridized carbons (Fsp3) is 0.207. The van der Waals surface area contributed by atoms with Crippen LogP contribution in [0.3, 0.4) is 0 Å². The number of fused-ring (bicyclic) bond motifs is 1. The summed E-state index contributed by atoms with van der Waals surface area (Å²) in [6, 6.07) is 18.3. The van der Waals surface area contributed by atoms with Gasteiger partial charge in [-0.3, -0.25) is 9.78 Å². The van der Waals surface area contributed by atoms with Gasteiger partial charge in [0, 0.05) is 6.20 Å². The molecule has 3 atom stereocenters. The zero-order valence-electron chi connectivity index (χ0n) is 22.1. The van der Waals surface area contributed by atoms with Gasteiger partial charge in [-0.1, -0.05) is 60.7 Å². The lowest BCUT2D eigenvalue weighted by molar-refractivity contribution is -0.161. The number of rotatable bonds is 8. The van der Waals surface area contributed by atoms with E-state index in [0.717, 1.165) is 11.0 Å². The number of β-lactam (4-membered cyclic amide) rings is 1. The average molecular weight is 592 g/mol. The first-order chi connectivity index (χ1) is 20.0. The molecular formula is C29H25N3O9S. The SMILES string of the molecule is C[C@]1(COC(N)=O)[C@H](C(=O)OC(c2ccccc2)c2ccccc2)N2C(=O)C(=Cc3cc(C(=O)O)ccn3)[C@H]2S1(=O)=O. The first kappa shape index (κ1) is 28.5. The third-order valence-electron chi connectivity index (χ3n) is 7.29. The van der Waals surface area contributed by atoms with Crippen molar-refractivity contribution >= 4 is 39.9 Å². The molecule has 0 radical (unpaired) electrons. The summed E-state index contributed by atoms with van der Waals surface area (Å²) in [4.78, 5) is 55.1. The molecule has 12 nitrogen and oxygen atoms in total. The predicted octanol–water partition coefficient (Wildman–Crippen LogP) is 2.32. The normalized spacial score (nSPS) is 23.2. The monoisotopic (exact) mass is 591 g/mol. The molecule has 0 unspecified atom stereocenters. The van der Waals surface area contributed by atoms with E-state index in [0.29, 0.717) is 11.1 Å². The number of carbonyl (C=O) groups excluding carboxylic acids is 3. The Hall–Kier alpha value is -5.04. The Labute approximate surface area is 240 Å². The second-order valence-corrected chi connectivity index (χ2v) is 12.4. The number of amides is 2. The van der Waals surface area contributed by atoms with Crippen LogP contribution < -0.4 is 5.73 Å². The highest BCUT2D eigenvalue weighted by Crippen LogP contribution is 2.50. The van der Waals surface area contributed by atoms with Gasteiger partial charge in [0.25, 0.3) is 5.91 Å². The maximum absolute atomic E-state index is 14.0. The largest absolute Gasteiger partial charge is 0.478 e. The minimum Gasteiger partial charge on any atom is -0.478 e. The van der Waals surface area contributed by atoms with Crippen molar-refractivity contribution in [3.63, 3.8) is 0 Å². The second-order valence-electron chi connectivity index (χ2n) is 9.95. The molecule has 2 aliphatic heterocycles. The number of nitrogens with two attached hydrogens (primary N) is 1. The number of nitrogens with zero attached hydrogens (tertiary/aromatic N) is 2. The summed E-state index contributed by atoms with van der Waals surface area (Å²) in [5.41, 5.74) is 6.02. The van der Waals surface area contributed by atoms with E-state index in [1.165, 1.54) is 25.3 Å². The minimum atomic E-state index is -4.45. The molecule has 2 aromatic carbocycles. The molecular weight excluding hydrogens is 566 g/mol. The van der Waals surface area contributed by atoms with E-state index in [9.17, 15) is 32.7 Å². The van der Waals surface area contributed by atoms with Crippen molar-refractivity contribution in [2.24, 2.45) is 5.73 Å². The van der Waals surface area contributed by atoms with Gasteiger partial charge in [0.15, 0.2) is 27.4 Å². The first-order valence-corrected chi connectivity index (χ1v) is 14.2. The Morgan fingerprint density at radius 2 is 1.67 bits per heavy atom. The highest BCUT2D eigenvalue weighted by Gasteiger charge is 2.73. The van der Waals surface area contributed by atoms with Crippen molar-refractivity contribution in [3.05, 3.63) is 107 Å². The van der Waals surface area contributed by atoms with E-state index >= 15 is 0 Å². The summed E-state index contributed by atoms with van der Waals surface area (Å²) >= 11 is 0. The lowest BCUT2D eigenvalue weighted by Crippen LogP contribution is -2.60. The van der Waals surface area contributed by atoms with Crippen LogP contribution in [0.25, 0.3) is 6.08 Å². The minimum absolute atomic E-state index is 0.0300. The standard InChI is InChI=1S/C29H25N3O9S/c1-29(16-40-28(30)37)23(27(36)41-22(17-8-4-2-5-9-17)18-10-6-3-7-11-18)32-24(33)21(25(32)42(29,38)39)15-20-14-19(26(34)35)12-13-31-20/h2-15,22-23,25H,16H2,1H3,(H2,30,37)(H,34,35)/t23-,25+,29-/m0/s1. The molecule has 0 spiro atoms. The van der Waals surface area contributed by atoms with Gasteiger partial charge >= 0.3 is 18.0 Å². The molecule has 5 rings (SSSR count). The summed E-state index contributed by atoms with van der Waals surface area (Å²) in [5.74, 6) is -3.07. The molecule has 13 heteroatoms. The quantitative estimate of drug-likeness (QED) is 0.224. The molecule has 3 N–H and O–H groups in total. The molecule has 0 aliphatic carbocycles. The van der Waals surface area contributed by atoms with Crippen LogP contribution in [0.5, 0.6) is 0 Å². The third-order valence-corrected chi connectivity index (χ3v) is 10.0. The summed E-state index contributed by atoms with van der Waals surface area (Å²) in [6.45, 7) is 0.357. The van der Waals surface area contributed by atoms with E-state index in [1.54, 1.807) is 60.7 Å². The van der Waals surface area contributed by atoms with Gasteiger partial charge in [-0.05, 0) is 36.3 Å². The zero-order valence-corrected chi connectivity index (χ0v) is 22.9. The smallest absolute Gasteiger partial charge is 0.404 e. The zero-order chi connectivity index (χ0) is 30.2. The van der Waals surface area contributed by atoms with Crippen LogP contribution in [0.2, 0.25) is 0 Å². The molecule has 1 aromatic heterocycles. The maximum atomic E-state index is 14.0. The first-order valence-electron chi connectivity index (χ1n) is 12.7. The number of esters is 1. The number of carboxylic acids is 1. The molecule has 42 heavy (non-hydrogen) atoms. The Morgan fingerprint density at radius 1 is 1.07 bits per heavy atom. The van der Waals surface area contributed by atoms with Gasteiger partial charge in [-0.15, -0.1) is 0 Å². The highest BCUT2D eigenvalue weighted by atomic mass is 32.2. The van der Waals surface area contributed by atoms with E-state index < -0.39 is 62.6 Å². The number of ether oxygens (including phenoxy) is 2. The number of sulfone groups is 1. The molecule has 3 heterocycles. The lowest BCUT2D eigenvalue weighted by Gasteiger charge is -2.39. The molecule has 3 aromatic rings. The topological polar surface area (TPSA) is 183 Å². The summed E-state index contributed by atoms with van der Waals surface area (Å²) < 4.78 is 36.6. The lowest BCUT2D eigenvalue weighted by atomic mass is 9.93. The molecule has 0 bridgehead atoms. The molecule has 216 valence electrons. The van der Waals surface area contributed by atoms with Crippen LogP contribution in [0.1, 0.15) is 40.2 Å². The van der Waals surface area contributed by atoms with Gasteiger partial charge in [-0.2, -0.15) is 0 Å². The fourth-order valence-electron chi connectivity index (χ4n) is 5.17. The number of aromatic nitrogens is 1. The van der Waals surface area contributed by atoms with Gasteiger partial charge in [0.1, 0.15) is 11.4 Å². The maximum Gasteiger partial charge on any atom is 0.404 e. The van der Waals surface area contributed by atoms with Crippen molar-refractivity contribution in [3.8, 4) is 0 Å². The molecule has 0 saturated carbocycles. The second kappa shape index (κ2) is 10.7. The van der Waals surface area contributed by atoms with E-state index in [-0.39, 0.29) is 16.8 Å². The number of carbonyl (C=O) groups is 4. The summed E-state index contributed by atoms with van der Waals surface area (Å²) in [7, 11) is -4.45. The Kier molecular flexibility index (Phi) is 7.29. The van der Waals surface area contributed by atoms with Crippen LogP contribution in [-0.2, 0) is 28.9 Å². The number of pyridine rings is 1. The number of aromatic carboxylic acids is 1. The Balaban J connectivity index is 1.56. The van der Waals surface area contributed by atoms with Crippen molar-refractivity contribution in [2.75, 3.05) is 6.61 Å². The van der Waals surface area contributed by atoms with Gasteiger partial charge in [0.2, 0.25) is 0 Å². The van der Waals surface area contributed by atoms with Crippen LogP contribution >= 0.6 is 0 Å². The van der Waals surface area contributed by atoms with Crippen LogP contribution in [-0.4, -0.2) is 70.1 Å². The van der Waals surface area contributed by atoms with Crippen molar-refractivity contribution < 1.29 is 42.2 Å². The summed E-state index contributed by atoms with van der Waals surface area (Å²) in [6.07, 6.45) is 0.152. The Morgan fingerprint density at radius 3 is 2.21 bits per heavy atom. The summed E-state index contributed by atoms with van der Waals surface area (Å²) in [5, 5.41) is 7.68. The number of hydrogen-bond acceptors (Lipinski definition) is 9. The number of hydrogen-bond donors (Lipinski definition) is 2. The van der Waals surface area contributed by atoms with Crippen LogP contribution in [0.15, 0.2) is 84.6 Å². The van der Waals surface area contributed by atoms with Gasteiger partial charge in [0.05, 0.1) is 16.8 Å². The van der Waals surface area contributed by atoms with Gasteiger partial charge < -0.3 is 25.2 Å². The molecule has 2 amide bonds. The van der Waals surface area contributed by atoms with Crippen LogP contribution in [0, 0.1) is 0 Å². The van der Waals surface area contributed by atoms with E-state index in [4.69, 9.17) is 15.2 Å². The predicted molar refractivity (Wildman–Crippen MR) is 147 cm³/mol. The third kappa shape index (κ3) is 4.77. The van der Waals surface area contributed by atoms with Crippen LogP contribution in [0.4, 0.5) is 4.79 Å². The van der Waals surface area contributed by atoms with E-state index in [1.807, 2.05) is 0 Å². The van der Waals surface area contributed by atoms with Gasteiger partial charge in [-0.25, -0.2) is 22.8 Å². The van der Waals surface area contributed by atoms with E-state index in [2.05, 4.69) is 4.98 Å².